The predicted molar refractivity (Wildman–Crippen MR) is 44.4 cm³/mol. The molecule has 22 heavy (non-hydrogen) atoms. The smallest absolute Gasteiger partial charge is 0.206 e. The fraction of sp³-hybridized carbons (Fsp3) is 1.00. The zero-order valence-electron chi connectivity index (χ0n) is 9.17. The molecule has 16 heteroatoms. The Morgan fingerprint density at radius 3 is 1.41 bits per heavy atom. The molecule has 1 aliphatic rings. The summed E-state index contributed by atoms with van der Waals surface area (Å²) < 4.78 is 163. The maximum Gasteiger partial charge on any atom is 0.427 e. The highest BCUT2D eigenvalue weighted by Crippen LogP contribution is 2.65. The molecule has 0 N–H and O–H groups in total. The fourth-order valence-corrected chi connectivity index (χ4v) is 2.56. The highest BCUT2D eigenvalue weighted by molar-refractivity contribution is 7.89. The van der Waals surface area contributed by atoms with Crippen molar-refractivity contribution in [1.82, 2.24) is 0 Å². The van der Waals surface area contributed by atoms with Crippen molar-refractivity contribution in [2.45, 2.75) is 34.3 Å². The molecule has 132 valence electrons. The number of hydrogen-bond acceptors (Lipinski definition) is 3. The van der Waals surface area contributed by atoms with Gasteiger partial charge in [0.05, 0.1) is 0 Å². The summed E-state index contributed by atoms with van der Waals surface area (Å²) >= 11 is 3.48. The molecule has 1 heterocycles. The van der Waals surface area contributed by atoms with Crippen LogP contribution < -0.4 is 0 Å². The zero-order chi connectivity index (χ0) is 18.2. The Balaban J connectivity index is 3.60. The summed E-state index contributed by atoms with van der Waals surface area (Å²) in [6, 6.07) is 0. The average molecular weight is 397 g/mol. The lowest BCUT2D eigenvalue weighted by atomic mass is 9.99. The Kier molecular flexibility index (Phi) is 3.79. The van der Waals surface area contributed by atoms with E-state index in [1.165, 1.54) is 0 Å². The van der Waals surface area contributed by atoms with Crippen LogP contribution in [0.2, 0.25) is 0 Å². The SMILES string of the molecule is O=S1(=O)OC(F)(F)[C@@]1(F)C(F)(F)C(F)(F)C(F)(F)C(F)(F)Cl. The summed E-state index contributed by atoms with van der Waals surface area (Å²) in [4.78, 5) is 0. The van der Waals surface area contributed by atoms with E-state index in [9.17, 15) is 56.7 Å². The van der Waals surface area contributed by atoms with Crippen LogP contribution in [0.1, 0.15) is 0 Å². The van der Waals surface area contributed by atoms with Gasteiger partial charge in [0.1, 0.15) is 0 Å². The van der Waals surface area contributed by atoms with E-state index in [2.05, 4.69) is 15.8 Å². The second kappa shape index (κ2) is 4.28. The molecule has 0 amide bonds. The third-order valence-corrected chi connectivity index (χ3v) is 4.33. The normalized spacial score (nSPS) is 29.1. The van der Waals surface area contributed by atoms with Gasteiger partial charge >= 0.3 is 44.4 Å². The van der Waals surface area contributed by atoms with Crippen molar-refractivity contribution in [2.75, 3.05) is 0 Å². The van der Waals surface area contributed by atoms with E-state index < -0.39 is 44.4 Å². The number of hydrogen-bond donors (Lipinski definition) is 0. The van der Waals surface area contributed by atoms with Gasteiger partial charge in [-0.1, -0.05) is 0 Å². The summed E-state index contributed by atoms with van der Waals surface area (Å²) in [6.07, 6.45) is -6.21. The van der Waals surface area contributed by atoms with Gasteiger partial charge in [-0.3, -0.25) is 0 Å². The Bertz CT molecular complexity index is 581. The van der Waals surface area contributed by atoms with Gasteiger partial charge in [0, 0.05) is 0 Å². The highest BCUT2D eigenvalue weighted by Gasteiger charge is 2.98. The standard InChI is InChI=1S/C6ClF11O3S/c7-5(15,16)3(12,13)1(8,9)2(10,11)4(14)6(17,18)21-22(4,19)20/t4-/m1/s1. The van der Waals surface area contributed by atoms with Crippen molar-refractivity contribution in [1.29, 1.82) is 0 Å². The van der Waals surface area contributed by atoms with Crippen molar-refractivity contribution in [3.8, 4) is 0 Å². The number of rotatable bonds is 4. The summed E-state index contributed by atoms with van der Waals surface area (Å²) in [7, 11) is -6.84. The Morgan fingerprint density at radius 2 is 1.18 bits per heavy atom. The van der Waals surface area contributed by atoms with Crippen LogP contribution >= 0.6 is 11.6 Å². The second-order valence-electron chi connectivity index (χ2n) is 3.87. The minimum absolute atomic E-state index is 2.29. The minimum Gasteiger partial charge on any atom is -0.206 e. The van der Waals surface area contributed by atoms with Crippen LogP contribution in [0, 0.1) is 0 Å². The monoisotopic (exact) mass is 396 g/mol. The molecular weight excluding hydrogens is 397 g/mol. The fourth-order valence-electron chi connectivity index (χ4n) is 1.28. The number of halogens is 12. The van der Waals surface area contributed by atoms with E-state index in [1.54, 1.807) is 0 Å². The largest absolute Gasteiger partial charge is 0.427 e. The van der Waals surface area contributed by atoms with Crippen molar-refractivity contribution in [3.05, 3.63) is 0 Å². The van der Waals surface area contributed by atoms with E-state index in [0.29, 0.717) is 0 Å². The van der Waals surface area contributed by atoms with Gasteiger partial charge in [-0.05, 0) is 11.6 Å². The Labute approximate surface area is 118 Å². The summed E-state index contributed by atoms with van der Waals surface area (Å²) in [5.74, 6) is -22.5. The maximum absolute atomic E-state index is 13.3. The van der Waals surface area contributed by atoms with E-state index in [4.69, 9.17) is 0 Å². The molecule has 3 nitrogen and oxygen atoms in total. The van der Waals surface area contributed by atoms with Gasteiger partial charge in [-0.2, -0.15) is 56.5 Å². The quantitative estimate of drug-likeness (QED) is 0.416. The lowest BCUT2D eigenvalue weighted by molar-refractivity contribution is -0.410. The molecule has 1 atom stereocenters. The molecular formula is C6ClF11O3S. The Hall–Kier alpha value is -0.570. The van der Waals surface area contributed by atoms with Crippen LogP contribution in [0.3, 0.4) is 0 Å². The Morgan fingerprint density at radius 1 is 0.818 bits per heavy atom. The molecule has 1 aliphatic heterocycles. The highest BCUT2D eigenvalue weighted by atomic mass is 35.5. The molecule has 0 aromatic carbocycles. The first-order chi connectivity index (χ1) is 9.21. The molecule has 0 aliphatic carbocycles. The molecule has 1 saturated heterocycles. The van der Waals surface area contributed by atoms with Crippen molar-refractivity contribution >= 4 is 21.7 Å². The van der Waals surface area contributed by atoms with Crippen LogP contribution in [0.15, 0.2) is 0 Å². The number of alkyl halides is 12. The van der Waals surface area contributed by atoms with E-state index >= 15 is 0 Å². The van der Waals surface area contributed by atoms with Gasteiger partial charge in [0.15, 0.2) is 0 Å². The van der Waals surface area contributed by atoms with Crippen LogP contribution in [0.25, 0.3) is 0 Å². The van der Waals surface area contributed by atoms with E-state index in [1.807, 2.05) is 0 Å². The zero-order valence-corrected chi connectivity index (χ0v) is 10.7. The van der Waals surface area contributed by atoms with Crippen molar-refractivity contribution < 1.29 is 60.9 Å². The third kappa shape index (κ3) is 1.87. The molecule has 1 rings (SSSR count). The molecule has 0 saturated carbocycles. The van der Waals surface area contributed by atoms with Crippen molar-refractivity contribution in [3.63, 3.8) is 0 Å². The average Bonchev–Trinajstić information content (AvgIpc) is 2.23. The predicted octanol–water partition coefficient (Wildman–Crippen LogP) is 3.34. The first-order valence-electron chi connectivity index (χ1n) is 4.43. The molecule has 0 unspecified atom stereocenters. The third-order valence-electron chi connectivity index (χ3n) is 2.48. The summed E-state index contributed by atoms with van der Waals surface area (Å²) in [6.45, 7) is 0. The lowest BCUT2D eigenvalue weighted by Gasteiger charge is -2.46. The minimum atomic E-state index is -7.64. The van der Waals surface area contributed by atoms with Gasteiger partial charge in [-0.15, -0.1) is 0 Å². The van der Waals surface area contributed by atoms with Crippen molar-refractivity contribution in [2.24, 2.45) is 0 Å². The molecule has 1 fully saturated rings. The summed E-state index contributed by atoms with van der Waals surface area (Å²) in [5.41, 5.74) is 0. The molecule has 0 bridgehead atoms. The van der Waals surface area contributed by atoms with Crippen LogP contribution in [-0.4, -0.2) is 42.7 Å². The molecule has 0 radical (unpaired) electrons. The second-order valence-corrected chi connectivity index (χ2v) is 5.98. The molecule has 0 spiro atoms. The first kappa shape index (κ1) is 19.5. The van der Waals surface area contributed by atoms with E-state index in [-0.39, 0.29) is 0 Å². The van der Waals surface area contributed by atoms with Crippen LogP contribution in [0.5, 0.6) is 0 Å². The van der Waals surface area contributed by atoms with E-state index in [0.717, 1.165) is 0 Å². The topological polar surface area (TPSA) is 43.4 Å². The van der Waals surface area contributed by atoms with Crippen LogP contribution in [0.4, 0.5) is 48.3 Å². The van der Waals surface area contributed by atoms with Gasteiger partial charge in [0.2, 0.25) is 0 Å². The lowest BCUT2D eigenvalue weighted by Crippen LogP contribution is -2.79. The maximum atomic E-state index is 13.3. The first-order valence-corrected chi connectivity index (χ1v) is 6.21. The summed E-state index contributed by atoms with van der Waals surface area (Å²) in [5, 5.41) is -13.2. The van der Waals surface area contributed by atoms with Gasteiger partial charge in [0.25, 0.3) is 0 Å². The molecule has 0 aromatic rings. The molecule has 0 aromatic heterocycles. The van der Waals surface area contributed by atoms with Crippen LogP contribution in [-0.2, 0) is 14.3 Å². The van der Waals surface area contributed by atoms with Gasteiger partial charge in [-0.25, -0.2) is 4.39 Å². The van der Waals surface area contributed by atoms with Gasteiger partial charge < -0.3 is 0 Å².